The molecule has 2 N–H and O–H groups in total. The highest BCUT2D eigenvalue weighted by molar-refractivity contribution is 7.80. The highest BCUT2D eigenvalue weighted by Crippen LogP contribution is 2.20. The Morgan fingerprint density at radius 1 is 1.41 bits per heavy atom. The molecule has 0 heterocycles. The lowest BCUT2D eigenvalue weighted by atomic mass is 9.91. The number of carbonyl (C=O) groups is 2. The SMILES string of the molecule is COC(=O)CN(C(=O)C(C)(C)C(N)=S)C(C)C. The summed E-state index contributed by atoms with van der Waals surface area (Å²) in [7, 11) is 1.28. The van der Waals surface area contributed by atoms with Gasteiger partial charge in [0.05, 0.1) is 17.5 Å². The van der Waals surface area contributed by atoms with Gasteiger partial charge in [0.25, 0.3) is 0 Å². The third-order valence-electron chi connectivity index (χ3n) is 2.56. The molecule has 98 valence electrons. The highest BCUT2D eigenvalue weighted by Gasteiger charge is 2.36. The van der Waals surface area contributed by atoms with Crippen LogP contribution in [0, 0.1) is 5.41 Å². The molecule has 0 aromatic carbocycles. The van der Waals surface area contributed by atoms with Crippen molar-refractivity contribution in [1.29, 1.82) is 0 Å². The lowest BCUT2D eigenvalue weighted by molar-refractivity contribution is -0.150. The molecule has 5 nitrogen and oxygen atoms in total. The third-order valence-corrected chi connectivity index (χ3v) is 3.07. The zero-order valence-electron chi connectivity index (χ0n) is 10.9. The van der Waals surface area contributed by atoms with Gasteiger partial charge in [0, 0.05) is 6.04 Å². The van der Waals surface area contributed by atoms with Crippen LogP contribution in [-0.2, 0) is 14.3 Å². The molecule has 0 unspecified atom stereocenters. The molecule has 0 fully saturated rings. The molecule has 0 saturated heterocycles. The van der Waals surface area contributed by atoms with Crippen LogP contribution in [0.2, 0.25) is 0 Å². The molecule has 0 aliphatic heterocycles. The van der Waals surface area contributed by atoms with E-state index in [4.69, 9.17) is 18.0 Å². The van der Waals surface area contributed by atoms with Gasteiger partial charge in [-0.1, -0.05) is 12.2 Å². The lowest BCUT2D eigenvalue weighted by Crippen LogP contribution is -2.51. The first kappa shape index (κ1) is 15.8. The van der Waals surface area contributed by atoms with Gasteiger partial charge < -0.3 is 15.4 Å². The maximum Gasteiger partial charge on any atom is 0.325 e. The van der Waals surface area contributed by atoms with Gasteiger partial charge in [0.15, 0.2) is 0 Å². The molecule has 1 amide bonds. The summed E-state index contributed by atoms with van der Waals surface area (Å²) in [5.74, 6) is -0.740. The minimum absolute atomic E-state index is 0.0982. The first-order chi connectivity index (χ1) is 7.64. The Balaban J connectivity index is 5.02. The Morgan fingerprint density at radius 2 is 1.88 bits per heavy atom. The first-order valence-corrected chi connectivity index (χ1v) is 5.73. The number of esters is 1. The Morgan fingerprint density at radius 3 is 2.18 bits per heavy atom. The molecule has 0 aromatic rings. The quantitative estimate of drug-likeness (QED) is 0.582. The zero-order valence-corrected chi connectivity index (χ0v) is 11.8. The number of ether oxygens (including phenoxy) is 1. The standard InChI is InChI=1S/C11H20N2O3S/c1-7(2)13(6-8(14)16-5)10(15)11(3,4)9(12)17/h7H,6H2,1-5H3,(H2,12,17). The fraction of sp³-hybridized carbons (Fsp3) is 0.727. The molecule has 0 aliphatic carbocycles. The second-order valence-electron chi connectivity index (χ2n) is 4.59. The Kier molecular flexibility index (Phi) is 5.54. The van der Waals surface area contributed by atoms with E-state index in [1.54, 1.807) is 13.8 Å². The molecule has 0 radical (unpaired) electrons. The van der Waals surface area contributed by atoms with Gasteiger partial charge in [-0.2, -0.15) is 0 Å². The maximum absolute atomic E-state index is 12.2. The molecule has 0 rings (SSSR count). The van der Waals surface area contributed by atoms with Crippen molar-refractivity contribution < 1.29 is 14.3 Å². The highest BCUT2D eigenvalue weighted by atomic mass is 32.1. The predicted molar refractivity (Wildman–Crippen MR) is 69.4 cm³/mol. The second-order valence-corrected chi connectivity index (χ2v) is 5.03. The number of nitrogens with zero attached hydrogens (tertiary/aromatic N) is 1. The van der Waals surface area contributed by atoms with Gasteiger partial charge in [-0.25, -0.2) is 0 Å². The average molecular weight is 260 g/mol. The smallest absolute Gasteiger partial charge is 0.325 e. The van der Waals surface area contributed by atoms with Crippen molar-refractivity contribution in [1.82, 2.24) is 4.90 Å². The Labute approximate surface area is 107 Å². The van der Waals surface area contributed by atoms with Crippen LogP contribution in [0.5, 0.6) is 0 Å². The van der Waals surface area contributed by atoms with Gasteiger partial charge >= 0.3 is 5.97 Å². The van der Waals surface area contributed by atoms with Crippen LogP contribution in [0.1, 0.15) is 27.7 Å². The predicted octanol–water partition coefficient (Wildman–Crippen LogP) is 0.709. The van der Waals surface area contributed by atoms with Crippen LogP contribution >= 0.6 is 12.2 Å². The molecule has 0 bridgehead atoms. The molecule has 0 spiro atoms. The van der Waals surface area contributed by atoms with E-state index in [2.05, 4.69) is 4.74 Å². The van der Waals surface area contributed by atoms with Gasteiger partial charge in [-0.05, 0) is 27.7 Å². The van der Waals surface area contributed by atoms with E-state index >= 15 is 0 Å². The summed E-state index contributed by atoms with van der Waals surface area (Å²) in [6.07, 6.45) is 0. The van der Waals surface area contributed by atoms with Crippen LogP contribution in [-0.4, -0.2) is 41.5 Å². The van der Waals surface area contributed by atoms with Gasteiger partial charge in [-0.3, -0.25) is 9.59 Å². The van der Waals surface area contributed by atoms with Crippen LogP contribution in [0.25, 0.3) is 0 Å². The topological polar surface area (TPSA) is 72.6 Å². The number of amides is 1. The summed E-state index contributed by atoms with van der Waals surface area (Å²) in [4.78, 5) is 25.0. The van der Waals surface area contributed by atoms with Crippen molar-refractivity contribution >= 4 is 29.1 Å². The molecule has 0 saturated carbocycles. The normalized spacial score (nSPS) is 11.2. The van der Waals surface area contributed by atoms with Gasteiger partial charge in [-0.15, -0.1) is 0 Å². The Hall–Kier alpha value is -1.17. The van der Waals surface area contributed by atoms with Crippen molar-refractivity contribution in [3.8, 4) is 0 Å². The molecule has 6 heteroatoms. The number of methoxy groups -OCH3 is 1. The lowest BCUT2D eigenvalue weighted by Gasteiger charge is -2.33. The zero-order chi connectivity index (χ0) is 13.8. The minimum Gasteiger partial charge on any atom is -0.468 e. The molecule has 0 aromatic heterocycles. The first-order valence-electron chi connectivity index (χ1n) is 5.32. The number of hydrogen-bond donors (Lipinski definition) is 1. The van der Waals surface area contributed by atoms with Gasteiger partial charge in [0.1, 0.15) is 6.54 Å². The molecule has 17 heavy (non-hydrogen) atoms. The summed E-state index contributed by atoms with van der Waals surface area (Å²) < 4.78 is 4.56. The van der Waals surface area contributed by atoms with Crippen molar-refractivity contribution in [2.24, 2.45) is 11.1 Å². The molecular weight excluding hydrogens is 240 g/mol. The summed E-state index contributed by atoms with van der Waals surface area (Å²) in [6.45, 7) is 6.82. The summed E-state index contributed by atoms with van der Waals surface area (Å²) in [6, 6.07) is -0.129. The fourth-order valence-corrected chi connectivity index (χ4v) is 1.24. The van der Waals surface area contributed by atoms with E-state index in [0.29, 0.717) is 0 Å². The summed E-state index contributed by atoms with van der Waals surface area (Å²) in [5.41, 5.74) is 4.58. The molecule has 0 aliphatic rings. The van der Waals surface area contributed by atoms with E-state index in [1.807, 2.05) is 13.8 Å². The van der Waals surface area contributed by atoms with E-state index < -0.39 is 11.4 Å². The molecule has 0 atom stereocenters. The van der Waals surface area contributed by atoms with Gasteiger partial charge in [0.2, 0.25) is 5.91 Å². The molecular formula is C11H20N2O3S. The van der Waals surface area contributed by atoms with E-state index in [0.717, 1.165) is 0 Å². The monoisotopic (exact) mass is 260 g/mol. The number of thiocarbonyl (C=S) groups is 1. The van der Waals surface area contributed by atoms with E-state index in [9.17, 15) is 9.59 Å². The second kappa shape index (κ2) is 5.95. The Bertz CT molecular complexity index is 327. The van der Waals surface area contributed by atoms with Crippen molar-refractivity contribution in [2.45, 2.75) is 33.7 Å². The number of rotatable bonds is 5. The fourth-order valence-electron chi connectivity index (χ4n) is 1.16. The largest absolute Gasteiger partial charge is 0.468 e. The van der Waals surface area contributed by atoms with Crippen molar-refractivity contribution in [3.63, 3.8) is 0 Å². The van der Waals surface area contributed by atoms with Crippen LogP contribution in [0.3, 0.4) is 0 Å². The van der Waals surface area contributed by atoms with Crippen LogP contribution < -0.4 is 5.73 Å². The number of nitrogens with two attached hydrogens (primary N) is 1. The van der Waals surface area contributed by atoms with Crippen molar-refractivity contribution in [3.05, 3.63) is 0 Å². The maximum atomic E-state index is 12.2. The number of hydrogen-bond acceptors (Lipinski definition) is 4. The third kappa shape index (κ3) is 3.96. The van der Waals surface area contributed by atoms with E-state index in [1.165, 1.54) is 12.0 Å². The summed E-state index contributed by atoms with van der Waals surface area (Å²) >= 11 is 4.87. The minimum atomic E-state index is -0.965. The number of carbonyl (C=O) groups excluding carboxylic acids is 2. The van der Waals surface area contributed by atoms with Crippen LogP contribution in [0.15, 0.2) is 0 Å². The van der Waals surface area contributed by atoms with Crippen LogP contribution in [0.4, 0.5) is 0 Å². The van der Waals surface area contributed by atoms with E-state index in [-0.39, 0.29) is 23.5 Å². The summed E-state index contributed by atoms with van der Waals surface area (Å²) in [5, 5.41) is 0. The van der Waals surface area contributed by atoms with Crippen molar-refractivity contribution in [2.75, 3.05) is 13.7 Å². The average Bonchev–Trinajstić information content (AvgIpc) is 2.23.